The average molecular weight is 293 g/mol. The lowest BCUT2D eigenvalue weighted by molar-refractivity contribution is -0.140. The number of rotatable bonds is 4. The molecule has 1 saturated heterocycles. The number of methoxy groups -OCH3 is 1. The summed E-state index contributed by atoms with van der Waals surface area (Å²) in [5, 5.41) is 1.71. The molecule has 0 spiro atoms. The van der Waals surface area contributed by atoms with Crippen LogP contribution in [0.2, 0.25) is 5.02 Å². The Hall–Kier alpha value is -1.52. The van der Waals surface area contributed by atoms with Gasteiger partial charge in [-0.05, 0) is 30.2 Å². The number of likely N-dealkylation sites (tertiary alicyclic amines) is 1. The van der Waals surface area contributed by atoms with E-state index in [9.17, 15) is 4.79 Å². The summed E-state index contributed by atoms with van der Waals surface area (Å²) in [6.45, 7) is 1.45. The fourth-order valence-corrected chi connectivity index (χ4v) is 2.87. The van der Waals surface area contributed by atoms with Gasteiger partial charge < -0.3 is 14.6 Å². The first-order valence-corrected chi connectivity index (χ1v) is 7.11. The van der Waals surface area contributed by atoms with Gasteiger partial charge >= 0.3 is 0 Å². The number of aromatic amines is 1. The maximum atomic E-state index is 12.3. The van der Waals surface area contributed by atoms with Crippen LogP contribution in [0.5, 0.6) is 0 Å². The van der Waals surface area contributed by atoms with Gasteiger partial charge in [0.25, 0.3) is 0 Å². The summed E-state index contributed by atoms with van der Waals surface area (Å²) < 4.78 is 5.13. The number of hydrogen-bond donors (Lipinski definition) is 1. The van der Waals surface area contributed by atoms with Crippen molar-refractivity contribution >= 4 is 28.4 Å². The quantitative estimate of drug-likeness (QED) is 0.941. The lowest BCUT2D eigenvalue weighted by Crippen LogP contribution is -2.53. The Bertz CT molecular complexity index is 638. The molecule has 1 aliphatic heterocycles. The van der Waals surface area contributed by atoms with Crippen molar-refractivity contribution in [3.63, 3.8) is 0 Å². The van der Waals surface area contributed by atoms with Crippen molar-refractivity contribution in [2.75, 3.05) is 20.3 Å². The van der Waals surface area contributed by atoms with E-state index < -0.39 is 0 Å². The van der Waals surface area contributed by atoms with Gasteiger partial charge in [0.2, 0.25) is 5.91 Å². The molecule has 0 bridgehead atoms. The van der Waals surface area contributed by atoms with Gasteiger partial charge in [-0.1, -0.05) is 11.6 Å². The summed E-state index contributed by atoms with van der Waals surface area (Å²) in [5.41, 5.74) is 2.00. The number of fused-ring (bicyclic) bond motifs is 1. The molecule has 1 fully saturated rings. The molecule has 5 heteroatoms. The molecular formula is C15H17ClN2O2. The number of nitrogens with one attached hydrogen (secondary N) is 1. The van der Waals surface area contributed by atoms with Crippen LogP contribution < -0.4 is 0 Å². The van der Waals surface area contributed by atoms with E-state index in [1.54, 1.807) is 7.11 Å². The van der Waals surface area contributed by atoms with Gasteiger partial charge in [-0.25, -0.2) is 0 Å². The van der Waals surface area contributed by atoms with Crippen molar-refractivity contribution in [3.05, 3.63) is 35.0 Å². The number of halogens is 1. The molecule has 1 atom stereocenters. The van der Waals surface area contributed by atoms with E-state index in [0.29, 0.717) is 18.1 Å². The first-order valence-electron chi connectivity index (χ1n) is 6.73. The highest BCUT2D eigenvalue weighted by molar-refractivity contribution is 6.31. The van der Waals surface area contributed by atoms with Gasteiger partial charge in [0.1, 0.15) is 0 Å². The molecule has 0 saturated carbocycles. The highest BCUT2D eigenvalue weighted by atomic mass is 35.5. The first-order chi connectivity index (χ1) is 9.69. The second-order valence-electron chi connectivity index (χ2n) is 5.17. The third-order valence-corrected chi connectivity index (χ3v) is 4.13. The predicted molar refractivity (Wildman–Crippen MR) is 79.0 cm³/mol. The number of carbonyl (C=O) groups excluding carboxylic acids is 1. The van der Waals surface area contributed by atoms with Crippen LogP contribution >= 0.6 is 11.6 Å². The maximum absolute atomic E-state index is 12.3. The van der Waals surface area contributed by atoms with Crippen LogP contribution in [0, 0.1) is 0 Å². The summed E-state index contributed by atoms with van der Waals surface area (Å²) in [6, 6.07) is 5.92. The Morgan fingerprint density at radius 1 is 1.55 bits per heavy atom. The van der Waals surface area contributed by atoms with E-state index >= 15 is 0 Å². The molecule has 1 aliphatic rings. The van der Waals surface area contributed by atoms with Gasteiger partial charge in [0.15, 0.2) is 0 Å². The summed E-state index contributed by atoms with van der Waals surface area (Å²) in [6.07, 6.45) is 3.32. The van der Waals surface area contributed by atoms with Gasteiger partial charge in [-0.3, -0.25) is 4.79 Å². The van der Waals surface area contributed by atoms with Gasteiger partial charge in [0, 0.05) is 35.8 Å². The molecule has 4 nitrogen and oxygen atoms in total. The van der Waals surface area contributed by atoms with Crippen LogP contribution in [-0.2, 0) is 16.0 Å². The van der Waals surface area contributed by atoms with Crippen molar-refractivity contribution in [1.82, 2.24) is 9.88 Å². The van der Waals surface area contributed by atoms with Crippen LogP contribution in [0.15, 0.2) is 24.4 Å². The van der Waals surface area contributed by atoms with Gasteiger partial charge in [-0.2, -0.15) is 0 Å². The molecular weight excluding hydrogens is 276 g/mol. The number of amides is 1. The molecule has 20 heavy (non-hydrogen) atoms. The van der Waals surface area contributed by atoms with E-state index in [4.69, 9.17) is 16.3 Å². The van der Waals surface area contributed by atoms with Crippen molar-refractivity contribution in [2.24, 2.45) is 0 Å². The standard InChI is InChI=1S/C15H17ClN2O2/c1-20-9-12-4-5-18(12)15(19)6-10-8-17-14-3-2-11(16)7-13(10)14/h2-3,7-8,12,17H,4-6,9H2,1H3. The Morgan fingerprint density at radius 2 is 2.40 bits per heavy atom. The molecule has 0 aliphatic carbocycles. The third kappa shape index (κ3) is 2.41. The molecule has 1 amide bonds. The normalized spacial score (nSPS) is 18.3. The zero-order valence-corrected chi connectivity index (χ0v) is 12.1. The number of aromatic nitrogens is 1. The predicted octanol–water partition coefficient (Wildman–Crippen LogP) is 2.61. The van der Waals surface area contributed by atoms with Crippen LogP contribution in [0.1, 0.15) is 12.0 Å². The topological polar surface area (TPSA) is 45.3 Å². The largest absolute Gasteiger partial charge is 0.383 e. The Labute approximate surface area is 122 Å². The van der Waals surface area contributed by atoms with Crippen LogP contribution in [0.3, 0.4) is 0 Å². The SMILES string of the molecule is COCC1CCN1C(=O)Cc1c[nH]c2ccc(Cl)cc12. The monoisotopic (exact) mass is 292 g/mol. The van der Waals surface area contributed by atoms with E-state index in [2.05, 4.69) is 4.98 Å². The lowest BCUT2D eigenvalue weighted by atomic mass is 10.0. The van der Waals surface area contributed by atoms with Crippen molar-refractivity contribution in [1.29, 1.82) is 0 Å². The smallest absolute Gasteiger partial charge is 0.227 e. The fourth-order valence-electron chi connectivity index (χ4n) is 2.70. The number of benzene rings is 1. The second-order valence-corrected chi connectivity index (χ2v) is 5.60. The summed E-state index contributed by atoms with van der Waals surface area (Å²) in [4.78, 5) is 17.4. The van der Waals surface area contributed by atoms with Crippen molar-refractivity contribution in [2.45, 2.75) is 18.9 Å². The summed E-state index contributed by atoms with van der Waals surface area (Å²) >= 11 is 6.02. The molecule has 3 rings (SSSR count). The third-order valence-electron chi connectivity index (χ3n) is 3.89. The van der Waals surface area contributed by atoms with Gasteiger partial charge in [0.05, 0.1) is 19.1 Å². The maximum Gasteiger partial charge on any atom is 0.227 e. The minimum absolute atomic E-state index is 0.152. The first kappa shape index (κ1) is 13.5. The van der Waals surface area contributed by atoms with Crippen LogP contribution in [-0.4, -0.2) is 42.1 Å². The molecule has 106 valence electrons. The Morgan fingerprint density at radius 3 is 3.10 bits per heavy atom. The highest BCUT2D eigenvalue weighted by Gasteiger charge is 2.31. The lowest BCUT2D eigenvalue weighted by Gasteiger charge is -2.40. The Kier molecular flexibility index (Phi) is 3.68. The zero-order chi connectivity index (χ0) is 14.1. The summed E-state index contributed by atoms with van der Waals surface area (Å²) in [7, 11) is 1.67. The zero-order valence-electron chi connectivity index (χ0n) is 11.4. The van der Waals surface area contributed by atoms with Crippen molar-refractivity contribution in [3.8, 4) is 0 Å². The molecule has 1 aromatic carbocycles. The second kappa shape index (κ2) is 5.46. The molecule has 1 N–H and O–H groups in total. The molecule has 1 aromatic heterocycles. The molecule has 0 radical (unpaired) electrons. The van der Waals surface area contributed by atoms with E-state index in [1.165, 1.54) is 0 Å². The molecule has 2 heterocycles. The van der Waals surface area contributed by atoms with Gasteiger partial charge in [-0.15, -0.1) is 0 Å². The van der Waals surface area contributed by atoms with E-state index in [1.807, 2.05) is 29.3 Å². The number of nitrogens with zero attached hydrogens (tertiary/aromatic N) is 1. The minimum atomic E-state index is 0.152. The Balaban J connectivity index is 1.76. The van der Waals surface area contributed by atoms with Crippen LogP contribution in [0.25, 0.3) is 10.9 Å². The minimum Gasteiger partial charge on any atom is -0.383 e. The molecule has 2 aromatic rings. The molecule has 1 unspecified atom stereocenters. The fraction of sp³-hybridized carbons (Fsp3) is 0.400. The summed E-state index contributed by atoms with van der Waals surface area (Å²) in [5.74, 6) is 0.152. The highest BCUT2D eigenvalue weighted by Crippen LogP contribution is 2.25. The van der Waals surface area contributed by atoms with Crippen LogP contribution in [0.4, 0.5) is 0 Å². The average Bonchev–Trinajstić information content (AvgIpc) is 2.77. The van der Waals surface area contributed by atoms with Crippen molar-refractivity contribution < 1.29 is 9.53 Å². The number of hydrogen-bond acceptors (Lipinski definition) is 2. The number of H-pyrrole nitrogens is 1. The number of carbonyl (C=O) groups is 1. The van der Waals surface area contributed by atoms with E-state index in [0.717, 1.165) is 29.4 Å². The van der Waals surface area contributed by atoms with E-state index in [-0.39, 0.29) is 11.9 Å². The number of ether oxygens (including phenoxy) is 1.